The molecule has 1 atom stereocenters. The van der Waals surface area contributed by atoms with E-state index in [1.54, 1.807) is 0 Å². The van der Waals surface area contributed by atoms with E-state index in [2.05, 4.69) is 13.8 Å². The summed E-state index contributed by atoms with van der Waals surface area (Å²) in [5, 5.41) is 0. The van der Waals surface area contributed by atoms with E-state index < -0.39 is 0 Å². The molecule has 0 unspecified atom stereocenters. The molecule has 0 aliphatic carbocycles. The van der Waals surface area contributed by atoms with Gasteiger partial charge in [0.25, 0.3) is 0 Å². The highest BCUT2D eigenvalue weighted by atomic mass is 16.2. The van der Waals surface area contributed by atoms with E-state index in [0.29, 0.717) is 5.41 Å². The smallest absolute Gasteiger partial charge is 0.240 e. The molecule has 0 radical (unpaired) electrons. The zero-order valence-electron chi connectivity index (χ0n) is 11.3. The van der Waals surface area contributed by atoms with Crippen LogP contribution in [0.4, 0.5) is 0 Å². The molecule has 1 aliphatic rings. The normalized spacial score (nSPS) is 23.0. The summed E-state index contributed by atoms with van der Waals surface area (Å²) in [6.45, 7) is 12.3. The molecular weight excluding hydrogens is 200 g/mol. The third-order valence-electron chi connectivity index (χ3n) is 3.63. The Labute approximate surface area is 99.4 Å². The predicted octanol–water partition coefficient (Wildman–Crippen LogP) is 2.01. The monoisotopic (exact) mass is 226 g/mol. The van der Waals surface area contributed by atoms with Crippen molar-refractivity contribution in [2.45, 2.75) is 53.5 Å². The average molecular weight is 226 g/mol. The minimum absolute atomic E-state index is 0.114. The minimum atomic E-state index is -0.381. The van der Waals surface area contributed by atoms with Gasteiger partial charge in [0.15, 0.2) is 0 Å². The van der Waals surface area contributed by atoms with Crippen LogP contribution in [-0.4, -0.2) is 29.9 Å². The fourth-order valence-electron chi connectivity index (χ4n) is 1.90. The zero-order chi connectivity index (χ0) is 12.6. The van der Waals surface area contributed by atoms with Crippen molar-refractivity contribution in [1.82, 2.24) is 4.90 Å². The molecule has 1 rings (SSSR count). The number of carbonyl (C=O) groups excluding carboxylic acids is 1. The number of carbonyl (C=O) groups is 1. The van der Waals surface area contributed by atoms with Gasteiger partial charge in [-0.15, -0.1) is 0 Å². The highest BCUT2D eigenvalue weighted by Crippen LogP contribution is 2.30. The predicted molar refractivity (Wildman–Crippen MR) is 67.0 cm³/mol. The Morgan fingerprint density at radius 1 is 1.25 bits per heavy atom. The molecule has 3 nitrogen and oxygen atoms in total. The van der Waals surface area contributed by atoms with Gasteiger partial charge in [-0.25, -0.2) is 0 Å². The van der Waals surface area contributed by atoms with E-state index >= 15 is 0 Å². The van der Waals surface area contributed by atoms with Crippen molar-refractivity contribution in [3.8, 4) is 0 Å². The topological polar surface area (TPSA) is 46.3 Å². The molecule has 2 N–H and O–H groups in total. The molecule has 3 heteroatoms. The van der Waals surface area contributed by atoms with Gasteiger partial charge in [-0.2, -0.15) is 0 Å². The van der Waals surface area contributed by atoms with Gasteiger partial charge in [0.05, 0.1) is 6.04 Å². The number of nitrogens with two attached hydrogens (primary N) is 1. The number of hydrogen-bond acceptors (Lipinski definition) is 2. The van der Waals surface area contributed by atoms with Crippen LogP contribution in [0, 0.1) is 10.8 Å². The summed E-state index contributed by atoms with van der Waals surface area (Å²) >= 11 is 0. The first-order chi connectivity index (χ1) is 7.13. The van der Waals surface area contributed by atoms with E-state index in [-0.39, 0.29) is 17.4 Å². The lowest BCUT2D eigenvalue weighted by atomic mass is 9.81. The van der Waals surface area contributed by atoms with Crippen molar-refractivity contribution in [2.24, 2.45) is 16.6 Å². The Hall–Kier alpha value is -0.570. The molecule has 1 fully saturated rings. The number of nitrogens with zero attached hydrogens (tertiary/aromatic N) is 1. The van der Waals surface area contributed by atoms with Gasteiger partial charge in [-0.05, 0) is 23.7 Å². The molecule has 0 bridgehead atoms. The van der Waals surface area contributed by atoms with E-state index in [0.717, 1.165) is 25.9 Å². The molecule has 94 valence electrons. The highest BCUT2D eigenvalue weighted by molar-refractivity contribution is 5.82. The molecular formula is C13H26N2O. The second kappa shape index (κ2) is 4.36. The summed E-state index contributed by atoms with van der Waals surface area (Å²) in [6, 6.07) is -0.381. The molecule has 1 aliphatic heterocycles. The number of piperidine rings is 1. The van der Waals surface area contributed by atoms with Crippen LogP contribution < -0.4 is 5.73 Å². The van der Waals surface area contributed by atoms with Gasteiger partial charge in [0.2, 0.25) is 5.91 Å². The van der Waals surface area contributed by atoms with Gasteiger partial charge in [-0.3, -0.25) is 4.79 Å². The molecule has 0 aromatic carbocycles. The summed E-state index contributed by atoms with van der Waals surface area (Å²) in [6.07, 6.45) is 2.16. The summed E-state index contributed by atoms with van der Waals surface area (Å²) in [4.78, 5) is 14.1. The standard InChI is InChI=1S/C13H26N2O/c1-12(2,3)10(14)11(16)15-8-6-13(4,5)7-9-15/h10H,6-9,14H2,1-5H3/t10-/m0/s1. The zero-order valence-corrected chi connectivity index (χ0v) is 11.3. The molecule has 16 heavy (non-hydrogen) atoms. The van der Waals surface area contributed by atoms with Crippen LogP contribution in [0.2, 0.25) is 0 Å². The van der Waals surface area contributed by atoms with Crippen molar-refractivity contribution in [1.29, 1.82) is 0 Å². The van der Waals surface area contributed by atoms with Crippen molar-refractivity contribution < 1.29 is 4.79 Å². The van der Waals surface area contributed by atoms with Crippen LogP contribution in [0.5, 0.6) is 0 Å². The van der Waals surface area contributed by atoms with Gasteiger partial charge < -0.3 is 10.6 Å². The second-order valence-corrected chi connectivity index (χ2v) is 6.83. The molecule has 1 heterocycles. The third-order valence-corrected chi connectivity index (χ3v) is 3.63. The van der Waals surface area contributed by atoms with Crippen LogP contribution in [0.3, 0.4) is 0 Å². The van der Waals surface area contributed by atoms with E-state index in [4.69, 9.17) is 5.73 Å². The quantitative estimate of drug-likeness (QED) is 0.743. The lowest BCUT2D eigenvalue weighted by Gasteiger charge is -2.39. The van der Waals surface area contributed by atoms with Crippen molar-refractivity contribution in [3.63, 3.8) is 0 Å². The van der Waals surface area contributed by atoms with Gasteiger partial charge in [0, 0.05) is 13.1 Å². The first kappa shape index (κ1) is 13.5. The fourth-order valence-corrected chi connectivity index (χ4v) is 1.90. The van der Waals surface area contributed by atoms with E-state index in [1.807, 2.05) is 25.7 Å². The van der Waals surface area contributed by atoms with Crippen LogP contribution in [-0.2, 0) is 4.79 Å². The first-order valence-electron chi connectivity index (χ1n) is 6.18. The van der Waals surface area contributed by atoms with Crippen LogP contribution in [0.25, 0.3) is 0 Å². The maximum atomic E-state index is 12.2. The summed E-state index contributed by atoms with van der Waals surface area (Å²) in [5.74, 6) is 0.114. The summed E-state index contributed by atoms with van der Waals surface area (Å²) < 4.78 is 0. The molecule has 1 amide bonds. The summed E-state index contributed by atoms with van der Waals surface area (Å²) in [7, 11) is 0. The van der Waals surface area contributed by atoms with Crippen LogP contribution in [0.15, 0.2) is 0 Å². The maximum absolute atomic E-state index is 12.2. The maximum Gasteiger partial charge on any atom is 0.240 e. The van der Waals surface area contributed by atoms with E-state index in [1.165, 1.54) is 0 Å². The number of rotatable bonds is 1. The van der Waals surface area contributed by atoms with Crippen LogP contribution in [0.1, 0.15) is 47.5 Å². The number of amides is 1. The third kappa shape index (κ3) is 3.21. The van der Waals surface area contributed by atoms with Gasteiger partial charge in [-0.1, -0.05) is 34.6 Å². The Morgan fingerprint density at radius 2 is 1.69 bits per heavy atom. The fraction of sp³-hybridized carbons (Fsp3) is 0.923. The van der Waals surface area contributed by atoms with Gasteiger partial charge in [0.1, 0.15) is 0 Å². The van der Waals surface area contributed by atoms with E-state index in [9.17, 15) is 4.79 Å². The molecule has 0 spiro atoms. The average Bonchev–Trinajstić information content (AvgIpc) is 2.14. The second-order valence-electron chi connectivity index (χ2n) is 6.83. The Bertz CT molecular complexity index is 256. The minimum Gasteiger partial charge on any atom is -0.341 e. The highest BCUT2D eigenvalue weighted by Gasteiger charge is 2.34. The lowest BCUT2D eigenvalue weighted by molar-refractivity contribution is -0.137. The molecule has 0 aromatic heterocycles. The van der Waals surface area contributed by atoms with Crippen LogP contribution >= 0.6 is 0 Å². The summed E-state index contributed by atoms with van der Waals surface area (Å²) in [5.41, 5.74) is 6.23. The number of hydrogen-bond donors (Lipinski definition) is 1. The Kier molecular flexibility index (Phi) is 3.68. The van der Waals surface area contributed by atoms with Crippen molar-refractivity contribution in [3.05, 3.63) is 0 Å². The van der Waals surface area contributed by atoms with Crippen molar-refractivity contribution >= 4 is 5.91 Å². The van der Waals surface area contributed by atoms with Gasteiger partial charge >= 0.3 is 0 Å². The Morgan fingerprint density at radius 3 is 2.06 bits per heavy atom. The Balaban J connectivity index is 2.58. The lowest BCUT2D eigenvalue weighted by Crippen LogP contribution is -2.53. The largest absolute Gasteiger partial charge is 0.341 e. The SMILES string of the molecule is CC1(C)CCN(C(=O)[C@H](N)C(C)(C)C)CC1. The number of likely N-dealkylation sites (tertiary alicyclic amines) is 1. The van der Waals surface area contributed by atoms with Crippen molar-refractivity contribution in [2.75, 3.05) is 13.1 Å². The first-order valence-corrected chi connectivity index (χ1v) is 6.18. The molecule has 0 saturated carbocycles. The molecule has 0 aromatic rings. The molecule has 1 saturated heterocycles.